The number of hydrogen-bond donors (Lipinski definition) is 1. The van der Waals surface area contributed by atoms with E-state index in [1.807, 2.05) is 7.05 Å². The van der Waals surface area contributed by atoms with Gasteiger partial charge < -0.3 is 5.32 Å². The average Bonchev–Trinajstić information content (AvgIpc) is 3.02. The highest BCUT2D eigenvalue weighted by atomic mass is 16.2. The summed E-state index contributed by atoms with van der Waals surface area (Å²) in [6.45, 7) is 2.23. The van der Waals surface area contributed by atoms with Gasteiger partial charge in [-0.3, -0.25) is 9.48 Å². The fourth-order valence-electron chi connectivity index (χ4n) is 2.40. The van der Waals surface area contributed by atoms with Crippen LogP contribution < -0.4 is 5.32 Å². The molecule has 0 unspecified atom stereocenters. The molecule has 3 rings (SSSR count). The van der Waals surface area contributed by atoms with Crippen LogP contribution in [0.4, 0.5) is 0 Å². The molecule has 1 aliphatic rings. The monoisotopic (exact) mass is 326 g/mol. The highest BCUT2D eigenvalue weighted by molar-refractivity contribution is 5.93. The molecule has 1 aliphatic heterocycles. The Balaban J connectivity index is 1.58. The Morgan fingerprint density at radius 2 is 2.21 bits per heavy atom. The summed E-state index contributed by atoms with van der Waals surface area (Å²) in [7, 11) is 1.81. The lowest BCUT2D eigenvalue weighted by Crippen LogP contribution is -2.29. The van der Waals surface area contributed by atoms with E-state index in [0.717, 1.165) is 0 Å². The summed E-state index contributed by atoms with van der Waals surface area (Å²) >= 11 is 0. The van der Waals surface area contributed by atoms with Gasteiger partial charge in [-0.25, -0.2) is 0 Å². The standard InChI is InChI=1S/C15H18N8O/c1-4-5-7-15(19-20-15)8-9-16-14(24)13-11(2)23(21-17-13)12-6-10-22(3)18-12/h1,6,10H,5,7-9H2,2-3H3,(H,16,24). The van der Waals surface area contributed by atoms with Crippen molar-refractivity contribution < 1.29 is 4.79 Å². The van der Waals surface area contributed by atoms with Crippen molar-refractivity contribution in [2.24, 2.45) is 17.3 Å². The molecule has 0 saturated carbocycles. The molecule has 3 heterocycles. The Labute approximate surface area is 139 Å². The number of rotatable bonds is 7. The number of hydrogen-bond acceptors (Lipinski definition) is 6. The lowest BCUT2D eigenvalue weighted by Gasteiger charge is -2.09. The number of amides is 1. The normalized spacial score (nSPS) is 14.4. The fourth-order valence-corrected chi connectivity index (χ4v) is 2.40. The molecular weight excluding hydrogens is 308 g/mol. The van der Waals surface area contributed by atoms with Crippen LogP contribution in [0.5, 0.6) is 0 Å². The predicted octanol–water partition coefficient (Wildman–Crippen LogP) is 1.00. The lowest BCUT2D eigenvalue weighted by atomic mass is 10.0. The van der Waals surface area contributed by atoms with Crippen molar-refractivity contribution in [2.45, 2.75) is 31.8 Å². The lowest BCUT2D eigenvalue weighted by molar-refractivity contribution is 0.0946. The molecule has 124 valence electrons. The number of carbonyl (C=O) groups is 1. The van der Waals surface area contributed by atoms with E-state index in [1.165, 1.54) is 4.68 Å². The van der Waals surface area contributed by atoms with Gasteiger partial charge in [0.2, 0.25) is 0 Å². The molecule has 0 aliphatic carbocycles. The fraction of sp³-hybridized carbons (Fsp3) is 0.467. The number of nitrogens with zero attached hydrogens (tertiary/aromatic N) is 7. The maximum Gasteiger partial charge on any atom is 0.273 e. The maximum absolute atomic E-state index is 12.3. The first-order valence-corrected chi connectivity index (χ1v) is 7.63. The summed E-state index contributed by atoms with van der Waals surface area (Å²) in [5.74, 6) is 2.92. The topological polar surface area (TPSA) is 102 Å². The highest BCUT2D eigenvalue weighted by Gasteiger charge is 2.38. The molecule has 2 aromatic heterocycles. The van der Waals surface area contributed by atoms with E-state index in [9.17, 15) is 4.79 Å². The minimum absolute atomic E-state index is 0.276. The van der Waals surface area contributed by atoms with Gasteiger partial charge in [0, 0.05) is 45.1 Å². The zero-order valence-electron chi connectivity index (χ0n) is 13.6. The number of aryl methyl sites for hydroxylation is 1. The Hall–Kier alpha value is -3.02. The van der Waals surface area contributed by atoms with Crippen LogP contribution in [0.15, 0.2) is 22.5 Å². The smallest absolute Gasteiger partial charge is 0.273 e. The Bertz CT molecular complexity index is 819. The molecule has 9 heteroatoms. The molecular formula is C15H18N8O. The first-order chi connectivity index (χ1) is 11.5. The number of carbonyl (C=O) groups excluding carboxylic acids is 1. The third-order valence-electron chi connectivity index (χ3n) is 3.89. The van der Waals surface area contributed by atoms with Crippen LogP contribution in [0.25, 0.3) is 5.82 Å². The number of nitrogens with one attached hydrogen (secondary N) is 1. The number of aromatic nitrogens is 5. The second-order valence-corrected chi connectivity index (χ2v) is 5.68. The summed E-state index contributed by atoms with van der Waals surface area (Å²) in [5.41, 5.74) is 0.511. The molecule has 0 atom stereocenters. The van der Waals surface area contributed by atoms with Crippen LogP contribution >= 0.6 is 0 Å². The van der Waals surface area contributed by atoms with Crippen LogP contribution in [0, 0.1) is 19.3 Å². The molecule has 0 saturated heterocycles. The summed E-state index contributed by atoms with van der Waals surface area (Å²) in [5, 5.41) is 23.1. The first-order valence-electron chi connectivity index (χ1n) is 7.63. The number of terminal acetylenes is 1. The second kappa shape index (κ2) is 6.23. The van der Waals surface area contributed by atoms with Gasteiger partial charge in [-0.1, -0.05) is 5.21 Å². The Morgan fingerprint density at radius 1 is 1.42 bits per heavy atom. The molecule has 0 radical (unpaired) electrons. The summed E-state index contributed by atoms with van der Waals surface area (Å²) < 4.78 is 3.20. The van der Waals surface area contributed by atoms with Crippen molar-refractivity contribution in [3.05, 3.63) is 23.7 Å². The summed E-state index contributed by atoms with van der Waals surface area (Å²) in [6, 6.07) is 1.80. The molecule has 0 bridgehead atoms. The van der Waals surface area contributed by atoms with E-state index < -0.39 is 5.66 Å². The third-order valence-corrected chi connectivity index (χ3v) is 3.89. The van der Waals surface area contributed by atoms with Gasteiger partial charge in [-0.05, 0) is 6.92 Å². The zero-order chi connectivity index (χ0) is 17.2. The van der Waals surface area contributed by atoms with Gasteiger partial charge in [0.15, 0.2) is 17.2 Å². The van der Waals surface area contributed by atoms with Gasteiger partial charge in [-0.2, -0.15) is 20.0 Å². The van der Waals surface area contributed by atoms with Crippen LogP contribution in [0.3, 0.4) is 0 Å². The minimum atomic E-state index is -0.403. The molecule has 2 aromatic rings. The maximum atomic E-state index is 12.3. The summed E-state index contributed by atoms with van der Waals surface area (Å²) in [6.07, 6.45) is 9.03. The van der Waals surface area contributed by atoms with Gasteiger partial charge in [0.25, 0.3) is 5.91 Å². The van der Waals surface area contributed by atoms with Gasteiger partial charge in [0.1, 0.15) is 0 Å². The van der Waals surface area contributed by atoms with Gasteiger partial charge >= 0.3 is 0 Å². The predicted molar refractivity (Wildman–Crippen MR) is 85.5 cm³/mol. The van der Waals surface area contributed by atoms with Crippen molar-refractivity contribution in [3.63, 3.8) is 0 Å². The zero-order valence-corrected chi connectivity index (χ0v) is 13.6. The van der Waals surface area contributed by atoms with E-state index in [0.29, 0.717) is 37.3 Å². The van der Waals surface area contributed by atoms with E-state index in [1.54, 1.807) is 23.9 Å². The molecule has 0 fully saturated rings. The molecule has 9 nitrogen and oxygen atoms in total. The van der Waals surface area contributed by atoms with E-state index in [-0.39, 0.29) is 11.6 Å². The van der Waals surface area contributed by atoms with Gasteiger partial charge in [0.05, 0.1) is 5.69 Å². The van der Waals surface area contributed by atoms with Crippen molar-refractivity contribution in [3.8, 4) is 18.2 Å². The van der Waals surface area contributed by atoms with Crippen LogP contribution in [-0.4, -0.2) is 42.9 Å². The molecule has 0 spiro atoms. The summed E-state index contributed by atoms with van der Waals surface area (Å²) in [4.78, 5) is 12.3. The Kier molecular flexibility index (Phi) is 4.12. The van der Waals surface area contributed by atoms with Crippen molar-refractivity contribution in [1.29, 1.82) is 0 Å². The van der Waals surface area contributed by atoms with Crippen molar-refractivity contribution in [1.82, 2.24) is 30.1 Å². The van der Waals surface area contributed by atoms with Gasteiger partial charge in [-0.15, -0.1) is 17.4 Å². The van der Waals surface area contributed by atoms with Crippen LogP contribution in [0.1, 0.15) is 35.4 Å². The molecule has 24 heavy (non-hydrogen) atoms. The SMILES string of the molecule is C#CCCC1(CCNC(=O)c2nnn(-c3ccn(C)n3)c2C)N=N1. The third kappa shape index (κ3) is 3.17. The average molecular weight is 326 g/mol. The van der Waals surface area contributed by atoms with E-state index in [2.05, 4.69) is 36.9 Å². The minimum Gasteiger partial charge on any atom is -0.350 e. The quantitative estimate of drug-likeness (QED) is 0.767. The highest BCUT2D eigenvalue weighted by Crippen LogP contribution is 2.36. The second-order valence-electron chi connectivity index (χ2n) is 5.68. The Morgan fingerprint density at radius 3 is 2.83 bits per heavy atom. The molecule has 1 amide bonds. The van der Waals surface area contributed by atoms with Crippen LogP contribution in [0.2, 0.25) is 0 Å². The van der Waals surface area contributed by atoms with E-state index >= 15 is 0 Å². The molecule has 0 aromatic carbocycles. The van der Waals surface area contributed by atoms with Crippen molar-refractivity contribution in [2.75, 3.05) is 6.54 Å². The van der Waals surface area contributed by atoms with Crippen LogP contribution in [-0.2, 0) is 7.05 Å². The molecule has 1 N–H and O–H groups in total. The first kappa shape index (κ1) is 15.9. The van der Waals surface area contributed by atoms with E-state index in [4.69, 9.17) is 6.42 Å². The largest absolute Gasteiger partial charge is 0.350 e. The van der Waals surface area contributed by atoms with Crippen molar-refractivity contribution >= 4 is 5.91 Å².